The van der Waals surface area contributed by atoms with Crippen molar-refractivity contribution < 1.29 is 9.90 Å². The zero-order valence-corrected chi connectivity index (χ0v) is 14.6. The molecule has 2 unspecified atom stereocenters. The highest BCUT2D eigenvalue weighted by Crippen LogP contribution is 2.26. The number of rotatable bonds is 4. The van der Waals surface area contributed by atoms with Crippen LogP contribution in [0.4, 0.5) is 0 Å². The van der Waals surface area contributed by atoms with Crippen molar-refractivity contribution in [2.24, 2.45) is 5.92 Å². The molecule has 1 heterocycles. The van der Waals surface area contributed by atoms with E-state index in [1.165, 1.54) is 5.56 Å². The number of hydrogen-bond acceptors (Lipinski definition) is 3. The topological polar surface area (TPSA) is 58.4 Å². The summed E-state index contributed by atoms with van der Waals surface area (Å²) in [5.74, 6) is 0.0855. The first-order chi connectivity index (χ1) is 11.5. The number of aromatic nitrogens is 2. The molecule has 128 valence electrons. The Kier molecular flexibility index (Phi) is 4.71. The van der Waals surface area contributed by atoms with E-state index in [1.807, 2.05) is 44.2 Å². The van der Waals surface area contributed by atoms with Gasteiger partial charge in [-0.25, -0.2) is 4.68 Å². The molecule has 0 bridgehead atoms. The van der Waals surface area contributed by atoms with Crippen LogP contribution in [-0.2, 0) is 0 Å². The van der Waals surface area contributed by atoms with Gasteiger partial charge < -0.3 is 10.0 Å². The van der Waals surface area contributed by atoms with Crippen molar-refractivity contribution >= 4 is 5.91 Å². The number of aliphatic hydroxyl groups is 1. The first-order valence-electron chi connectivity index (χ1n) is 8.53. The third-order valence-electron chi connectivity index (χ3n) is 4.86. The largest absolute Gasteiger partial charge is 0.393 e. The summed E-state index contributed by atoms with van der Waals surface area (Å²) in [6, 6.07) is 9.89. The summed E-state index contributed by atoms with van der Waals surface area (Å²) < 4.78 is 1.80. The van der Waals surface area contributed by atoms with Gasteiger partial charge in [-0.3, -0.25) is 4.79 Å². The molecule has 1 aromatic carbocycles. The van der Waals surface area contributed by atoms with Crippen LogP contribution in [0.5, 0.6) is 0 Å². The van der Waals surface area contributed by atoms with Crippen LogP contribution in [0.1, 0.15) is 41.0 Å². The lowest BCUT2D eigenvalue weighted by Crippen LogP contribution is -2.34. The monoisotopic (exact) mass is 327 g/mol. The van der Waals surface area contributed by atoms with E-state index < -0.39 is 0 Å². The predicted octanol–water partition coefficient (Wildman–Crippen LogP) is 2.72. The normalized spacial score (nSPS) is 20.3. The Morgan fingerprint density at radius 2 is 2.00 bits per heavy atom. The summed E-state index contributed by atoms with van der Waals surface area (Å²) in [6.45, 7) is 4.57. The number of carbonyl (C=O) groups excluding carboxylic acids is 1. The molecule has 1 N–H and O–H groups in total. The summed E-state index contributed by atoms with van der Waals surface area (Å²) in [6.07, 6.45) is 2.57. The molecule has 1 saturated carbocycles. The van der Waals surface area contributed by atoms with Crippen LogP contribution in [0.2, 0.25) is 0 Å². The maximum atomic E-state index is 12.7. The molecule has 3 rings (SSSR count). The van der Waals surface area contributed by atoms with Gasteiger partial charge in [0, 0.05) is 25.2 Å². The number of amides is 1. The van der Waals surface area contributed by atoms with Crippen molar-refractivity contribution in [3.05, 3.63) is 47.3 Å². The molecule has 0 radical (unpaired) electrons. The van der Waals surface area contributed by atoms with Crippen LogP contribution < -0.4 is 0 Å². The molecule has 0 saturated heterocycles. The van der Waals surface area contributed by atoms with Gasteiger partial charge in [-0.2, -0.15) is 5.10 Å². The first kappa shape index (κ1) is 16.7. The zero-order valence-electron chi connectivity index (χ0n) is 14.6. The molecule has 1 aliphatic rings. The van der Waals surface area contributed by atoms with Gasteiger partial charge in [0.05, 0.1) is 11.8 Å². The lowest BCUT2D eigenvalue weighted by Gasteiger charge is -2.22. The average molecular weight is 327 g/mol. The lowest BCUT2D eigenvalue weighted by atomic mass is 10.1. The van der Waals surface area contributed by atoms with Gasteiger partial charge in [0.2, 0.25) is 0 Å². The molecule has 5 nitrogen and oxygen atoms in total. The van der Waals surface area contributed by atoms with E-state index in [0.29, 0.717) is 12.2 Å². The number of carbonyl (C=O) groups is 1. The smallest absolute Gasteiger partial charge is 0.274 e. The minimum absolute atomic E-state index is 0.0944. The highest BCUT2D eigenvalue weighted by molar-refractivity contribution is 5.92. The fourth-order valence-corrected chi connectivity index (χ4v) is 3.39. The van der Waals surface area contributed by atoms with Gasteiger partial charge in [0.25, 0.3) is 5.91 Å². The van der Waals surface area contributed by atoms with Crippen molar-refractivity contribution in [3.8, 4) is 5.69 Å². The summed E-state index contributed by atoms with van der Waals surface area (Å²) in [5, 5.41) is 14.4. The number of hydrogen-bond donors (Lipinski definition) is 1. The van der Waals surface area contributed by atoms with Crippen LogP contribution in [0.3, 0.4) is 0 Å². The molecular formula is C19H25N3O2. The maximum absolute atomic E-state index is 12.7. The second-order valence-electron chi connectivity index (χ2n) is 6.86. The highest BCUT2D eigenvalue weighted by atomic mass is 16.3. The number of aryl methyl sites for hydroxylation is 2. The Labute approximate surface area is 142 Å². The second-order valence-corrected chi connectivity index (χ2v) is 6.86. The lowest BCUT2D eigenvalue weighted by molar-refractivity contribution is 0.0688. The zero-order chi connectivity index (χ0) is 17.3. The molecule has 0 aliphatic heterocycles. The molecule has 1 aliphatic carbocycles. The van der Waals surface area contributed by atoms with Gasteiger partial charge in [-0.15, -0.1) is 0 Å². The number of nitrogens with zero attached hydrogens (tertiary/aromatic N) is 3. The molecule has 0 spiro atoms. The van der Waals surface area contributed by atoms with Crippen molar-refractivity contribution in [3.63, 3.8) is 0 Å². The van der Waals surface area contributed by atoms with Crippen LogP contribution >= 0.6 is 0 Å². The number of benzene rings is 1. The van der Waals surface area contributed by atoms with Crippen LogP contribution in [-0.4, -0.2) is 45.4 Å². The molecule has 1 fully saturated rings. The quantitative estimate of drug-likeness (QED) is 0.939. The minimum Gasteiger partial charge on any atom is -0.393 e. The van der Waals surface area contributed by atoms with E-state index in [0.717, 1.165) is 30.6 Å². The summed E-state index contributed by atoms with van der Waals surface area (Å²) >= 11 is 0. The predicted molar refractivity (Wildman–Crippen MR) is 93.3 cm³/mol. The molecule has 5 heteroatoms. The fourth-order valence-electron chi connectivity index (χ4n) is 3.39. The molecule has 2 aromatic rings. The highest BCUT2D eigenvalue weighted by Gasteiger charge is 2.28. The Morgan fingerprint density at radius 3 is 2.62 bits per heavy atom. The van der Waals surface area contributed by atoms with E-state index in [9.17, 15) is 9.90 Å². The van der Waals surface area contributed by atoms with E-state index in [4.69, 9.17) is 0 Å². The Bertz CT molecular complexity index is 721. The fraction of sp³-hybridized carbons (Fsp3) is 0.474. The van der Waals surface area contributed by atoms with Crippen LogP contribution in [0.25, 0.3) is 5.69 Å². The second kappa shape index (κ2) is 6.77. The van der Waals surface area contributed by atoms with Gasteiger partial charge in [-0.05, 0) is 44.9 Å². The van der Waals surface area contributed by atoms with Crippen LogP contribution in [0.15, 0.2) is 30.3 Å². The Morgan fingerprint density at radius 1 is 1.29 bits per heavy atom. The van der Waals surface area contributed by atoms with Crippen molar-refractivity contribution in [2.45, 2.75) is 39.2 Å². The van der Waals surface area contributed by atoms with E-state index in [-0.39, 0.29) is 17.9 Å². The minimum atomic E-state index is -0.285. The van der Waals surface area contributed by atoms with E-state index in [1.54, 1.807) is 16.6 Å². The summed E-state index contributed by atoms with van der Waals surface area (Å²) in [5.41, 5.74) is 3.51. The van der Waals surface area contributed by atoms with Crippen molar-refractivity contribution in [1.82, 2.24) is 14.7 Å². The van der Waals surface area contributed by atoms with Gasteiger partial charge in [0.1, 0.15) is 0 Å². The third kappa shape index (κ3) is 3.36. The van der Waals surface area contributed by atoms with Gasteiger partial charge in [-0.1, -0.05) is 24.1 Å². The summed E-state index contributed by atoms with van der Waals surface area (Å²) in [4.78, 5) is 14.3. The molecular weight excluding hydrogens is 302 g/mol. The first-order valence-corrected chi connectivity index (χ1v) is 8.53. The third-order valence-corrected chi connectivity index (χ3v) is 4.86. The Hall–Kier alpha value is -2.14. The van der Waals surface area contributed by atoms with Gasteiger partial charge >= 0.3 is 0 Å². The van der Waals surface area contributed by atoms with Gasteiger partial charge in [0.15, 0.2) is 5.69 Å². The number of aliphatic hydroxyl groups excluding tert-OH is 1. The van der Waals surface area contributed by atoms with Crippen molar-refractivity contribution in [1.29, 1.82) is 0 Å². The van der Waals surface area contributed by atoms with Crippen LogP contribution in [0, 0.1) is 19.8 Å². The molecule has 1 aromatic heterocycles. The van der Waals surface area contributed by atoms with Crippen molar-refractivity contribution in [2.75, 3.05) is 13.6 Å². The molecule has 2 atom stereocenters. The Balaban J connectivity index is 1.76. The average Bonchev–Trinajstić information content (AvgIpc) is 3.14. The molecule has 24 heavy (non-hydrogen) atoms. The van der Waals surface area contributed by atoms with E-state index >= 15 is 0 Å². The summed E-state index contributed by atoms with van der Waals surface area (Å²) in [7, 11) is 1.79. The maximum Gasteiger partial charge on any atom is 0.274 e. The SMILES string of the molecule is Cc1ccc(-n2nc(C(=O)N(C)CC3CCCC3O)cc2C)cc1. The van der Waals surface area contributed by atoms with E-state index in [2.05, 4.69) is 5.10 Å². The molecule has 1 amide bonds. The standard InChI is InChI=1S/C19H25N3O2/c1-13-7-9-16(10-8-13)22-14(2)11-17(20-22)19(24)21(3)12-15-5-4-6-18(15)23/h7-11,15,18,23H,4-6,12H2,1-3H3.